The Balaban J connectivity index is 2.38. The van der Waals surface area contributed by atoms with E-state index in [-0.39, 0.29) is 16.3 Å². The monoisotopic (exact) mass is 293 g/mol. The van der Waals surface area contributed by atoms with Crippen LogP contribution in [0, 0.1) is 10.1 Å². The molecule has 0 aromatic heterocycles. The third-order valence-corrected chi connectivity index (χ3v) is 3.92. The molecule has 0 saturated heterocycles. The van der Waals surface area contributed by atoms with Crippen molar-refractivity contribution in [3.05, 3.63) is 58.6 Å². The molecule has 0 fully saturated rings. The van der Waals surface area contributed by atoms with Crippen molar-refractivity contribution in [2.75, 3.05) is 10.5 Å². The van der Waals surface area contributed by atoms with Crippen LogP contribution < -0.4 is 10.5 Å². The number of nitro groups is 1. The number of hydrogen-bond donors (Lipinski definition) is 2. The summed E-state index contributed by atoms with van der Waals surface area (Å²) in [5.41, 5.74) is 5.51. The van der Waals surface area contributed by atoms with Gasteiger partial charge in [0.1, 0.15) is 5.69 Å². The number of nitrogens with two attached hydrogens (primary N) is 1. The number of nitrogens with zero attached hydrogens (tertiary/aromatic N) is 1. The Labute approximate surface area is 115 Å². The quantitative estimate of drug-likeness (QED) is 0.508. The van der Waals surface area contributed by atoms with Crippen molar-refractivity contribution in [1.82, 2.24) is 0 Å². The Bertz CT molecular complexity index is 742. The van der Waals surface area contributed by atoms with Gasteiger partial charge in [0.2, 0.25) is 0 Å². The summed E-state index contributed by atoms with van der Waals surface area (Å²) in [4.78, 5) is 10.2. The van der Waals surface area contributed by atoms with Crippen molar-refractivity contribution < 1.29 is 13.3 Å². The lowest BCUT2D eigenvalue weighted by Crippen LogP contribution is -2.14. The van der Waals surface area contributed by atoms with Gasteiger partial charge in [-0.2, -0.15) is 0 Å². The number of nitro benzene ring substituents is 1. The second-order valence-corrected chi connectivity index (χ2v) is 5.63. The maximum absolute atomic E-state index is 12.1. The largest absolute Gasteiger partial charge is 0.399 e. The summed E-state index contributed by atoms with van der Waals surface area (Å²) >= 11 is 0. The molecule has 0 aliphatic heterocycles. The second-order valence-electron chi connectivity index (χ2n) is 3.95. The number of sulfonamides is 1. The molecule has 3 N–H and O–H groups in total. The number of para-hydroxylation sites is 2. The van der Waals surface area contributed by atoms with Crippen molar-refractivity contribution in [3.8, 4) is 0 Å². The smallest absolute Gasteiger partial charge is 0.293 e. The zero-order chi connectivity index (χ0) is 14.8. The minimum absolute atomic E-state index is 0.0233. The molecule has 2 rings (SSSR count). The summed E-state index contributed by atoms with van der Waals surface area (Å²) in [6, 6.07) is 11.0. The first-order valence-corrected chi connectivity index (χ1v) is 7.00. The number of nitrogen functional groups attached to an aromatic ring is 1. The van der Waals surface area contributed by atoms with Gasteiger partial charge in [-0.15, -0.1) is 0 Å². The van der Waals surface area contributed by atoms with Gasteiger partial charge >= 0.3 is 0 Å². The Kier molecular flexibility index (Phi) is 3.57. The van der Waals surface area contributed by atoms with Crippen LogP contribution >= 0.6 is 0 Å². The molecule has 0 unspecified atom stereocenters. The van der Waals surface area contributed by atoms with E-state index in [1.807, 2.05) is 0 Å². The van der Waals surface area contributed by atoms with E-state index in [0.717, 1.165) is 0 Å². The summed E-state index contributed by atoms with van der Waals surface area (Å²) in [6.07, 6.45) is 0. The molecule has 20 heavy (non-hydrogen) atoms. The van der Waals surface area contributed by atoms with Crippen molar-refractivity contribution in [3.63, 3.8) is 0 Å². The van der Waals surface area contributed by atoms with Gasteiger partial charge in [-0.25, -0.2) is 8.42 Å². The minimum atomic E-state index is -3.90. The Morgan fingerprint density at radius 3 is 2.25 bits per heavy atom. The first-order chi connectivity index (χ1) is 9.40. The fraction of sp³-hybridized carbons (Fsp3) is 0. The van der Waals surface area contributed by atoms with Crippen molar-refractivity contribution >= 4 is 27.1 Å². The molecule has 7 nitrogen and oxygen atoms in total. The van der Waals surface area contributed by atoms with Crippen LogP contribution in [-0.4, -0.2) is 13.3 Å². The van der Waals surface area contributed by atoms with Gasteiger partial charge < -0.3 is 5.73 Å². The van der Waals surface area contributed by atoms with E-state index in [0.29, 0.717) is 5.69 Å². The van der Waals surface area contributed by atoms with Gasteiger partial charge in [-0.05, 0) is 30.3 Å². The number of hydrogen-bond acceptors (Lipinski definition) is 5. The predicted molar refractivity (Wildman–Crippen MR) is 74.8 cm³/mol. The molecule has 0 aliphatic rings. The summed E-state index contributed by atoms with van der Waals surface area (Å²) < 4.78 is 26.4. The molecule has 8 heteroatoms. The van der Waals surface area contributed by atoms with Crippen LogP contribution in [-0.2, 0) is 10.0 Å². The molecule has 2 aromatic rings. The number of benzene rings is 2. The van der Waals surface area contributed by atoms with Gasteiger partial charge in [0.05, 0.1) is 9.82 Å². The SMILES string of the molecule is Nc1ccc(S(=O)(=O)Nc2ccccc2[N+](=O)[O-])cc1. The minimum Gasteiger partial charge on any atom is -0.399 e. The average molecular weight is 293 g/mol. The molecule has 0 spiro atoms. The second kappa shape index (κ2) is 5.17. The first-order valence-electron chi connectivity index (χ1n) is 5.52. The van der Waals surface area contributed by atoms with Gasteiger partial charge in [0.25, 0.3) is 15.7 Å². The lowest BCUT2D eigenvalue weighted by atomic mass is 10.3. The summed E-state index contributed by atoms with van der Waals surface area (Å²) in [5.74, 6) is 0. The molecule has 0 amide bonds. The number of rotatable bonds is 4. The maximum atomic E-state index is 12.1. The first kappa shape index (κ1) is 13.8. The Morgan fingerprint density at radius 1 is 1.05 bits per heavy atom. The van der Waals surface area contributed by atoms with Crippen LogP contribution in [0.1, 0.15) is 0 Å². The zero-order valence-electron chi connectivity index (χ0n) is 10.2. The molecule has 0 aliphatic carbocycles. The predicted octanol–water partition coefficient (Wildman–Crippen LogP) is 1.98. The lowest BCUT2D eigenvalue weighted by Gasteiger charge is -2.08. The van der Waals surface area contributed by atoms with E-state index >= 15 is 0 Å². The van der Waals surface area contributed by atoms with E-state index in [1.165, 1.54) is 48.5 Å². The zero-order valence-corrected chi connectivity index (χ0v) is 11.0. The molecule has 0 radical (unpaired) electrons. The Hall–Kier alpha value is -2.61. The highest BCUT2D eigenvalue weighted by molar-refractivity contribution is 7.92. The van der Waals surface area contributed by atoms with Gasteiger partial charge in [-0.3, -0.25) is 14.8 Å². The van der Waals surface area contributed by atoms with Crippen LogP contribution in [0.25, 0.3) is 0 Å². The van der Waals surface area contributed by atoms with E-state index in [4.69, 9.17) is 5.73 Å². The van der Waals surface area contributed by atoms with E-state index in [9.17, 15) is 18.5 Å². The van der Waals surface area contributed by atoms with Crippen LogP contribution in [0.4, 0.5) is 17.1 Å². The molecule has 0 bridgehead atoms. The van der Waals surface area contributed by atoms with Crippen molar-refractivity contribution in [2.24, 2.45) is 0 Å². The molecular formula is C12H11N3O4S. The van der Waals surface area contributed by atoms with Crippen molar-refractivity contribution in [1.29, 1.82) is 0 Å². The summed E-state index contributed by atoms with van der Waals surface area (Å²) in [6.45, 7) is 0. The summed E-state index contributed by atoms with van der Waals surface area (Å²) in [5, 5.41) is 10.8. The third-order valence-electron chi connectivity index (χ3n) is 2.54. The van der Waals surface area contributed by atoms with Crippen molar-refractivity contribution in [2.45, 2.75) is 4.90 Å². The third kappa shape index (κ3) is 2.86. The van der Waals surface area contributed by atoms with Gasteiger partial charge in [-0.1, -0.05) is 12.1 Å². The molecule has 104 valence electrons. The molecular weight excluding hydrogens is 282 g/mol. The van der Waals surface area contributed by atoms with Crippen LogP contribution in [0.3, 0.4) is 0 Å². The standard InChI is InChI=1S/C12H11N3O4S/c13-9-5-7-10(8-6-9)20(18,19)14-11-3-1-2-4-12(11)15(16)17/h1-8,14H,13H2. The molecule has 2 aromatic carbocycles. The fourth-order valence-electron chi connectivity index (χ4n) is 1.57. The topological polar surface area (TPSA) is 115 Å². The van der Waals surface area contributed by atoms with Gasteiger partial charge in [0, 0.05) is 11.8 Å². The highest BCUT2D eigenvalue weighted by Crippen LogP contribution is 2.26. The molecule has 0 atom stereocenters. The number of nitrogens with one attached hydrogen (secondary N) is 1. The van der Waals surface area contributed by atoms with Crippen LogP contribution in [0.2, 0.25) is 0 Å². The highest BCUT2D eigenvalue weighted by atomic mass is 32.2. The van der Waals surface area contributed by atoms with E-state index in [1.54, 1.807) is 0 Å². The van der Waals surface area contributed by atoms with E-state index in [2.05, 4.69) is 4.72 Å². The Morgan fingerprint density at radius 2 is 1.65 bits per heavy atom. The number of anilines is 2. The molecule has 0 saturated carbocycles. The lowest BCUT2D eigenvalue weighted by molar-refractivity contribution is -0.383. The molecule has 0 heterocycles. The summed E-state index contributed by atoms with van der Waals surface area (Å²) in [7, 11) is -3.90. The normalized spacial score (nSPS) is 11.0. The van der Waals surface area contributed by atoms with Crippen LogP contribution in [0.5, 0.6) is 0 Å². The average Bonchev–Trinajstić information content (AvgIpc) is 2.39. The van der Waals surface area contributed by atoms with E-state index < -0.39 is 14.9 Å². The van der Waals surface area contributed by atoms with Gasteiger partial charge in [0.15, 0.2) is 0 Å². The van der Waals surface area contributed by atoms with Crippen LogP contribution in [0.15, 0.2) is 53.4 Å². The maximum Gasteiger partial charge on any atom is 0.293 e. The fourth-order valence-corrected chi connectivity index (χ4v) is 2.64. The highest BCUT2D eigenvalue weighted by Gasteiger charge is 2.20.